The number of ether oxygens (including phenoxy) is 1. The summed E-state index contributed by atoms with van der Waals surface area (Å²) in [7, 11) is 1.64. The number of benzene rings is 2. The number of pyridine rings is 1. The van der Waals surface area contributed by atoms with Crippen molar-refractivity contribution < 1.29 is 4.74 Å². The van der Waals surface area contributed by atoms with E-state index in [-0.39, 0.29) is 0 Å². The van der Waals surface area contributed by atoms with Crippen LogP contribution in [0.1, 0.15) is 0 Å². The largest absolute Gasteiger partial charge is 0.494 e. The van der Waals surface area contributed by atoms with Gasteiger partial charge in [0.05, 0.1) is 12.5 Å². The average molecular weight is 290 g/mol. The number of aromatic amines is 1. The predicted molar refractivity (Wildman–Crippen MR) is 87.8 cm³/mol. The van der Waals surface area contributed by atoms with Gasteiger partial charge in [0.15, 0.2) is 5.65 Å². The second-order valence-electron chi connectivity index (χ2n) is 5.07. The molecule has 0 fully saturated rings. The first-order valence-corrected chi connectivity index (χ1v) is 6.94. The zero-order chi connectivity index (χ0) is 15.1. The lowest BCUT2D eigenvalue weighted by atomic mass is 9.99. The summed E-state index contributed by atoms with van der Waals surface area (Å²) in [5, 5.41) is 8.71. The second kappa shape index (κ2) is 4.73. The van der Waals surface area contributed by atoms with Crippen molar-refractivity contribution in [1.29, 1.82) is 0 Å². The van der Waals surface area contributed by atoms with E-state index in [1.54, 1.807) is 7.11 Å². The number of methoxy groups -OCH3 is 1. The third-order valence-corrected chi connectivity index (χ3v) is 3.80. The minimum absolute atomic E-state index is 0.520. The number of rotatable bonds is 2. The van der Waals surface area contributed by atoms with Crippen LogP contribution in [0.4, 0.5) is 5.82 Å². The number of nitrogens with one attached hydrogen (secondary N) is 1. The summed E-state index contributed by atoms with van der Waals surface area (Å²) in [5.41, 5.74) is 9.52. The van der Waals surface area contributed by atoms with Gasteiger partial charge in [0.25, 0.3) is 0 Å². The molecule has 4 aromatic rings. The Morgan fingerprint density at radius 2 is 1.86 bits per heavy atom. The van der Waals surface area contributed by atoms with E-state index in [1.165, 1.54) is 0 Å². The third kappa shape index (κ3) is 1.79. The highest BCUT2D eigenvalue weighted by Gasteiger charge is 2.13. The van der Waals surface area contributed by atoms with E-state index in [1.807, 2.05) is 36.4 Å². The Morgan fingerprint density at radius 3 is 2.64 bits per heavy atom. The summed E-state index contributed by atoms with van der Waals surface area (Å²) < 4.78 is 5.44. The van der Waals surface area contributed by atoms with Crippen molar-refractivity contribution in [3.8, 4) is 16.9 Å². The molecule has 5 heteroatoms. The molecule has 0 unspecified atom stereocenters. The zero-order valence-electron chi connectivity index (χ0n) is 12.0. The fourth-order valence-corrected chi connectivity index (χ4v) is 2.72. The molecule has 0 aliphatic rings. The Labute approximate surface area is 126 Å². The van der Waals surface area contributed by atoms with E-state index >= 15 is 0 Å². The summed E-state index contributed by atoms with van der Waals surface area (Å²) in [6, 6.07) is 16.2. The van der Waals surface area contributed by atoms with Gasteiger partial charge in [-0.1, -0.05) is 30.3 Å². The number of nitrogen functional groups attached to an aromatic ring is 1. The maximum absolute atomic E-state index is 5.94. The Morgan fingerprint density at radius 1 is 1.05 bits per heavy atom. The van der Waals surface area contributed by atoms with Gasteiger partial charge in [-0.05, 0) is 29.3 Å². The Hall–Kier alpha value is -3.08. The van der Waals surface area contributed by atoms with Gasteiger partial charge in [0.2, 0.25) is 0 Å². The van der Waals surface area contributed by atoms with Crippen LogP contribution in [0.3, 0.4) is 0 Å². The number of aromatic nitrogens is 3. The lowest BCUT2D eigenvalue weighted by Crippen LogP contribution is -1.91. The topological polar surface area (TPSA) is 76.8 Å². The Kier molecular flexibility index (Phi) is 2.72. The maximum Gasteiger partial charge on any atom is 0.183 e. The van der Waals surface area contributed by atoms with Crippen molar-refractivity contribution in [3.63, 3.8) is 0 Å². The van der Waals surface area contributed by atoms with E-state index in [9.17, 15) is 0 Å². The summed E-state index contributed by atoms with van der Waals surface area (Å²) >= 11 is 0. The lowest BCUT2D eigenvalue weighted by Gasteiger charge is -2.10. The van der Waals surface area contributed by atoms with Crippen molar-refractivity contribution in [2.24, 2.45) is 0 Å². The van der Waals surface area contributed by atoms with Crippen molar-refractivity contribution in [1.82, 2.24) is 15.2 Å². The minimum atomic E-state index is 0.520. The normalized spacial score (nSPS) is 11.1. The third-order valence-electron chi connectivity index (χ3n) is 3.80. The number of hydrogen-bond acceptors (Lipinski definition) is 4. The molecule has 2 aromatic heterocycles. The highest BCUT2D eigenvalue weighted by molar-refractivity contribution is 6.05. The molecule has 5 nitrogen and oxygen atoms in total. The van der Waals surface area contributed by atoms with Crippen molar-refractivity contribution >= 4 is 27.8 Å². The number of anilines is 1. The lowest BCUT2D eigenvalue weighted by molar-refractivity contribution is 0.419. The summed E-state index contributed by atoms with van der Waals surface area (Å²) in [4.78, 5) is 4.61. The molecule has 0 aliphatic carbocycles. The molecule has 2 heterocycles. The number of hydrogen-bond donors (Lipinski definition) is 2. The van der Waals surface area contributed by atoms with Crippen molar-refractivity contribution in [2.75, 3.05) is 12.8 Å². The minimum Gasteiger partial charge on any atom is -0.494 e. The van der Waals surface area contributed by atoms with Crippen molar-refractivity contribution in [2.45, 2.75) is 0 Å². The maximum atomic E-state index is 5.94. The molecule has 2 aromatic carbocycles. The first-order chi connectivity index (χ1) is 10.8. The van der Waals surface area contributed by atoms with E-state index < -0.39 is 0 Å². The summed E-state index contributed by atoms with van der Waals surface area (Å²) in [6.07, 6.45) is 0. The van der Waals surface area contributed by atoms with Crippen LogP contribution in [0, 0.1) is 0 Å². The SMILES string of the molecule is COc1ccc(-c2ccccc2)c2cc3c(N)[nH]nc3nc12. The highest BCUT2D eigenvalue weighted by Crippen LogP contribution is 2.35. The molecule has 0 saturated heterocycles. The molecule has 3 N–H and O–H groups in total. The number of nitrogens with zero attached hydrogens (tertiary/aromatic N) is 2. The monoisotopic (exact) mass is 290 g/mol. The summed E-state index contributed by atoms with van der Waals surface area (Å²) in [6.45, 7) is 0. The van der Waals surface area contributed by atoms with Gasteiger partial charge >= 0.3 is 0 Å². The van der Waals surface area contributed by atoms with Crippen LogP contribution in [0.5, 0.6) is 5.75 Å². The fraction of sp³-hybridized carbons (Fsp3) is 0.0588. The van der Waals surface area contributed by atoms with Crippen LogP contribution in [0.15, 0.2) is 48.5 Å². The van der Waals surface area contributed by atoms with Gasteiger partial charge in [-0.25, -0.2) is 4.98 Å². The Balaban J connectivity index is 2.13. The van der Waals surface area contributed by atoms with Crippen LogP contribution in [-0.2, 0) is 0 Å². The smallest absolute Gasteiger partial charge is 0.183 e. The molecule has 108 valence electrons. The van der Waals surface area contributed by atoms with E-state index in [2.05, 4.69) is 27.3 Å². The first kappa shape index (κ1) is 12.6. The molecular formula is C17H14N4O. The molecule has 0 saturated carbocycles. The van der Waals surface area contributed by atoms with E-state index in [0.29, 0.717) is 11.5 Å². The number of H-pyrrole nitrogens is 1. The van der Waals surface area contributed by atoms with Gasteiger partial charge in [-0.2, -0.15) is 5.10 Å². The van der Waals surface area contributed by atoms with Crippen LogP contribution >= 0.6 is 0 Å². The number of fused-ring (bicyclic) bond motifs is 2. The van der Waals surface area contributed by atoms with Crippen LogP contribution < -0.4 is 10.5 Å². The van der Waals surface area contributed by atoms with Crippen LogP contribution in [0.25, 0.3) is 33.1 Å². The number of nitrogens with two attached hydrogens (primary N) is 1. The van der Waals surface area contributed by atoms with Gasteiger partial charge in [0, 0.05) is 5.39 Å². The van der Waals surface area contributed by atoms with Gasteiger partial charge in [-0.3, -0.25) is 5.10 Å². The van der Waals surface area contributed by atoms with E-state index in [0.717, 1.165) is 33.2 Å². The molecule has 22 heavy (non-hydrogen) atoms. The van der Waals surface area contributed by atoms with E-state index in [4.69, 9.17) is 10.5 Å². The molecule has 4 rings (SSSR count). The van der Waals surface area contributed by atoms with Crippen LogP contribution in [0.2, 0.25) is 0 Å². The highest BCUT2D eigenvalue weighted by atomic mass is 16.5. The molecule has 0 spiro atoms. The second-order valence-corrected chi connectivity index (χ2v) is 5.07. The molecule has 0 atom stereocenters. The fourth-order valence-electron chi connectivity index (χ4n) is 2.72. The first-order valence-electron chi connectivity index (χ1n) is 6.94. The summed E-state index contributed by atoms with van der Waals surface area (Å²) in [5.74, 6) is 1.24. The molecule has 0 amide bonds. The predicted octanol–water partition coefficient (Wildman–Crippen LogP) is 3.37. The van der Waals surface area contributed by atoms with Gasteiger partial charge < -0.3 is 10.5 Å². The average Bonchev–Trinajstić information content (AvgIpc) is 2.93. The Bertz CT molecular complexity index is 976. The standard InChI is InChI=1S/C17H14N4O/c1-22-14-8-7-11(10-5-3-2-4-6-10)12-9-13-16(18)20-21-17(13)19-15(12)14/h2-9H,1H3,(H3,18,19,20,21). The molecule has 0 bridgehead atoms. The van der Waals surface area contributed by atoms with Crippen molar-refractivity contribution in [3.05, 3.63) is 48.5 Å². The zero-order valence-corrected chi connectivity index (χ0v) is 12.0. The molecular weight excluding hydrogens is 276 g/mol. The quantitative estimate of drug-likeness (QED) is 0.593. The molecule has 0 aliphatic heterocycles. The molecule has 0 radical (unpaired) electrons. The van der Waals surface area contributed by atoms with Gasteiger partial charge in [0.1, 0.15) is 17.1 Å². The van der Waals surface area contributed by atoms with Gasteiger partial charge in [-0.15, -0.1) is 0 Å². The van der Waals surface area contributed by atoms with Crippen LogP contribution in [-0.4, -0.2) is 22.3 Å².